The third-order valence-corrected chi connectivity index (χ3v) is 12.1. The van der Waals surface area contributed by atoms with Gasteiger partial charge in [-0.3, -0.25) is 14.2 Å². The van der Waals surface area contributed by atoms with Crippen LogP contribution in [0.5, 0.6) is 0 Å². The minimum absolute atomic E-state index is 0. The predicted octanol–water partition coefficient (Wildman–Crippen LogP) is -3.04. The van der Waals surface area contributed by atoms with Crippen molar-refractivity contribution in [1.29, 1.82) is 0 Å². The van der Waals surface area contributed by atoms with Crippen molar-refractivity contribution in [3.63, 3.8) is 0 Å². The van der Waals surface area contributed by atoms with E-state index in [4.69, 9.17) is 18.5 Å². The van der Waals surface area contributed by atoms with E-state index < -0.39 is 83.5 Å². The summed E-state index contributed by atoms with van der Waals surface area (Å²) in [7, 11) is -11.4. The van der Waals surface area contributed by atoms with Gasteiger partial charge in [-0.25, -0.2) is 0 Å². The van der Waals surface area contributed by atoms with E-state index in [1.165, 1.54) is 103 Å². The van der Waals surface area contributed by atoms with Gasteiger partial charge in [-0.2, -0.15) is 0 Å². The number of aliphatic hydroxyl groups is 4. The number of hydrogen-bond acceptors (Lipinski definition) is 16. The minimum atomic E-state index is -5.87. The molecule has 0 spiro atoms. The average molecular weight is 957 g/mol. The molecule has 16 nitrogen and oxygen atoms in total. The first kappa shape index (κ1) is 68.3. The molecule has 1 rings (SSSR count). The van der Waals surface area contributed by atoms with E-state index in [0.29, 0.717) is 12.8 Å². The van der Waals surface area contributed by atoms with Crippen molar-refractivity contribution in [3.05, 3.63) is 0 Å². The van der Waals surface area contributed by atoms with Crippen LogP contribution in [0.1, 0.15) is 194 Å². The maximum atomic E-state index is 12.8. The first-order valence-corrected chi connectivity index (χ1v) is 25.5. The molecule has 8 atom stereocenters. The zero-order valence-electron chi connectivity index (χ0n) is 38.8. The second-order valence-electron chi connectivity index (χ2n) is 16.1. The molecule has 0 aromatic carbocycles. The van der Waals surface area contributed by atoms with Gasteiger partial charge in [-0.15, -0.1) is 0 Å². The Hall–Kier alpha value is 2.00. The van der Waals surface area contributed by atoms with E-state index in [9.17, 15) is 53.8 Å². The molecule has 0 bridgehead atoms. The third-order valence-electron chi connectivity index (χ3n) is 10.7. The number of rotatable bonds is 38. The number of aliphatic hydroxyl groups excluding tert-OH is 4. The molecular weight excluding hydrogens is 879 g/mol. The zero-order valence-corrected chi connectivity index (χ0v) is 46.6. The molecule has 350 valence electrons. The van der Waals surface area contributed by atoms with E-state index in [1.807, 2.05) is 0 Å². The molecule has 21 heteroatoms. The van der Waals surface area contributed by atoms with Crippen molar-refractivity contribution < 1.29 is 166 Å². The van der Waals surface area contributed by atoms with Crippen LogP contribution in [0.2, 0.25) is 0 Å². The number of hydrogen-bond donors (Lipinski definition) is 4. The number of ether oxygens (including phenoxy) is 2. The molecule has 0 saturated heterocycles. The second kappa shape index (κ2) is 41.9. The summed E-state index contributed by atoms with van der Waals surface area (Å²) in [6, 6.07) is 0. The first-order chi connectivity index (χ1) is 28.1. The van der Waals surface area contributed by atoms with E-state index >= 15 is 0 Å². The van der Waals surface area contributed by atoms with Gasteiger partial charge in [0.25, 0.3) is 7.82 Å². The Balaban J connectivity index is -0.0000116. The zero-order chi connectivity index (χ0) is 43.9. The van der Waals surface area contributed by atoms with Crippen molar-refractivity contribution >= 4 is 27.6 Å². The second-order valence-corrected chi connectivity index (χ2v) is 18.5. The molecule has 0 aromatic heterocycles. The summed E-state index contributed by atoms with van der Waals surface area (Å²) in [5.74, 6) is -1.25. The standard InChI is InChI=1S/C41H80O16P2.3Na/c1-3-5-7-9-11-13-15-17-19-21-23-25-27-29-34(42)53-31-33(55-35(43)30-28-26-24-22-20-18-16-14-12-10-8-6-4-2)32-54-59(51,52)57-41-38(46)36(44)37(45)40(39(41)47)56-58(48,49)50;;;/h33,36-41,44-47H,3-32H2,1-2H3,(H,51,52)(H2,48,49,50);;;/q;3*+1/p-3/t33-,36+,37+,38+,39+,40-,41+;;;/m0.../s1. The van der Waals surface area contributed by atoms with E-state index in [2.05, 4.69) is 18.4 Å². The van der Waals surface area contributed by atoms with Crippen molar-refractivity contribution in [2.75, 3.05) is 13.2 Å². The molecule has 1 unspecified atom stereocenters. The normalized spacial score (nSPS) is 21.4. The Kier molecular flexibility index (Phi) is 46.2. The van der Waals surface area contributed by atoms with Gasteiger partial charge in [0.05, 0.1) is 14.4 Å². The van der Waals surface area contributed by atoms with E-state index in [-0.39, 0.29) is 102 Å². The van der Waals surface area contributed by atoms with Crippen molar-refractivity contribution in [2.24, 2.45) is 0 Å². The molecule has 0 heterocycles. The van der Waals surface area contributed by atoms with Gasteiger partial charge in [0.1, 0.15) is 43.2 Å². The fraction of sp³-hybridized carbons (Fsp3) is 0.951. The first-order valence-electron chi connectivity index (χ1n) is 22.5. The summed E-state index contributed by atoms with van der Waals surface area (Å²) < 4.78 is 48.3. The van der Waals surface area contributed by atoms with Crippen molar-refractivity contribution in [3.8, 4) is 0 Å². The topological polar surface area (TPSA) is 265 Å². The number of esters is 2. The average Bonchev–Trinajstić information content (AvgIpc) is 3.18. The number of phosphoric ester groups is 2. The molecule has 0 amide bonds. The van der Waals surface area contributed by atoms with Gasteiger partial charge in [0.2, 0.25) is 0 Å². The van der Waals surface area contributed by atoms with Crippen LogP contribution in [-0.2, 0) is 41.8 Å². The van der Waals surface area contributed by atoms with Gasteiger partial charge in [0.15, 0.2) is 6.10 Å². The molecule has 0 aliphatic heterocycles. The summed E-state index contributed by atoms with van der Waals surface area (Å²) in [5, 5.41) is 40.9. The fourth-order valence-electron chi connectivity index (χ4n) is 7.13. The van der Waals surface area contributed by atoms with Crippen LogP contribution < -0.4 is 103 Å². The van der Waals surface area contributed by atoms with Crippen LogP contribution in [0, 0.1) is 0 Å². The summed E-state index contributed by atoms with van der Waals surface area (Å²) in [5.41, 5.74) is 0. The number of phosphoric acid groups is 2. The smallest absolute Gasteiger partial charge is 0.790 e. The van der Waals surface area contributed by atoms with Crippen LogP contribution >= 0.6 is 15.6 Å². The molecule has 0 aromatic rings. The van der Waals surface area contributed by atoms with E-state index in [1.54, 1.807) is 0 Å². The van der Waals surface area contributed by atoms with Crippen molar-refractivity contribution in [2.45, 2.75) is 236 Å². The van der Waals surface area contributed by atoms with Crippen LogP contribution in [0.3, 0.4) is 0 Å². The minimum Gasteiger partial charge on any atom is -0.790 e. The number of carbonyl (C=O) groups is 2. The summed E-state index contributed by atoms with van der Waals surface area (Å²) >= 11 is 0. The van der Waals surface area contributed by atoms with Gasteiger partial charge in [0, 0.05) is 12.8 Å². The number of carbonyl (C=O) groups excluding carboxylic acids is 2. The van der Waals surface area contributed by atoms with Crippen LogP contribution in [-0.4, -0.2) is 88.3 Å². The largest absolute Gasteiger partial charge is 1.00 e. The fourth-order valence-corrected chi connectivity index (χ4v) is 8.63. The maximum Gasteiger partial charge on any atom is 1.00 e. The Morgan fingerprint density at radius 3 is 1.19 bits per heavy atom. The molecule has 1 aliphatic carbocycles. The van der Waals surface area contributed by atoms with Gasteiger partial charge in [-0.1, -0.05) is 168 Å². The molecule has 62 heavy (non-hydrogen) atoms. The predicted molar refractivity (Wildman–Crippen MR) is 216 cm³/mol. The third kappa shape index (κ3) is 35.2. The molecule has 4 N–H and O–H groups in total. The van der Waals surface area contributed by atoms with Gasteiger partial charge in [-0.05, 0) is 12.8 Å². The summed E-state index contributed by atoms with van der Waals surface area (Å²) in [6.07, 6.45) is 14.0. The molecular formula is C41H77Na3O16P2. The van der Waals surface area contributed by atoms with Gasteiger partial charge >= 0.3 is 101 Å². The molecule has 1 aliphatic rings. The summed E-state index contributed by atoms with van der Waals surface area (Å²) in [4.78, 5) is 60.4. The van der Waals surface area contributed by atoms with Crippen LogP contribution in [0.25, 0.3) is 0 Å². The SMILES string of the molecule is CCCCCCCCCCCCCCCC(=O)OC[C@@H](COP(=O)([O-])O[C@H]1[C@H](O)[C@@H](OP(=O)([O-])[O-])[C@H](O)[C@@H](O)[C@H]1O)OC(=O)CCCCCCCCCCCCCCC.[Na+].[Na+].[Na+]. The molecule has 1 saturated carbocycles. The van der Waals surface area contributed by atoms with E-state index in [0.717, 1.165) is 51.4 Å². The van der Waals surface area contributed by atoms with Gasteiger partial charge < -0.3 is 62.7 Å². The monoisotopic (exact) mass is 956 g/mol. The molecule has 1 fully saturated rings. The quantitative estimate of drug-likeness (QED) is 0.0208. The Morgan fingerprint density at radius 2 is 0.823 bits per heavy atom. The Bertz CT molecular complexity index is 1190. The Morgan fingerprint density at radius 1 is 0.484 bits per heavy atom. The van der Waals surface area contributed by atoms with Crippen LogP contribution in [0.15, 0.2) is 0 Å². The van der Waals surface area contributed by atoms with Crippen molar-refractivity contribution in [1.82, 2.24) is 0 Å². The number of unbranched alkanes of at least 4 members (excludes halogenated alkanes) is 24. The molecule has 0 radical (unpaired) electrons. The maximum absolute atomic E-state index is 12.8. The summed E-state index contributed by atoms with van der Waals surface area (Å²) in [6.45, 7) is 2.97. The van der Waals surface area contributed by atoms with Crippen LogP contribution in [0.4, 0.5) is 0 Å². The Labute approximate surface area is 438 Å².